The minimum Gasteiger partial charge on any atom is -0.399 e. The second kappa shape index (κ2) is 20.7. The summed E-state index contributed by atoms with van der Waals surface area (Å²) in [5, 5.41) is 10.8. The Balaban J connectivity index is 0.000000172. The Kier molecular flexibility index (Phi) is 14.3. The molecule has 4 atom stereocenters. The van der Waals surface area contributed by atoms with Crippen molar-refractivity contribution in [1.82, 2.24) is 29.9 Å². The van der Waals surface area contributed by atoms with Crippen LogP contribution in [0.1, 0.15) is 27.7 Å². The molecule has 0 radical (unpaired) electrons. The second-order valence-electron chi connectivity index (χ2n) is 17.6. The van der Waals surface area contributed by atoms with E-state index in [0.717, 1.165) is 58.9 Å². The number of hydrogen-bond donors (Lipinski definition) is 3. The molecule has 20 heteroatoms. The number of aliphatic hydroxyl groups is 1. The van der Waals surface area contributed by atoms with E-state index in [0.29, 0.717) is 99.7 Å². The highest BCUT2D eigenvalue weighted by atomic mass is 32.2. The van der Waals surface area contributed by atoms with Gasteiger partial charge < -0.3 is 49.4 Å². The summed E-state index contributed by atoms with van der Waals surface area (Å²) in [5.74, 6) is 2.70. The Morgan fingerprint density at radius 1 is 0.588 bits per heavy atom. The van der Waals surface area contributed by atoms with E-state index in [-0.39, 0.29) is 29.9 Å². The number of benzene rings is 2. The van der Waals surface area contributed by atoms with Gasteiger partial charge >= 0.3 is 0 Å². The molecule has 6 aromatic rings. The zero-order valence-corrected chi connectivity index (χ0v) is 39.8. The zero-order chi connectivity index (χ0) is 47.4. The molecule has 360 valence electrons. The number of sulfonamides is 1. The van der Waals surface area contributed by atoms with Crippen molar-refractivity contribution in [3.05, 3.63) is 72.8 Å². The average Bonchev–Trinajstić information content (AvgIpc) is 3.34. The highest BCUT2D eigenvalue weighted by Crippen LogP contribution is 2.34. The number of ether oxygens (including phenoxy) is 4. The molecule has 0 unspecified atom stereocenters. The summed E-state index contributed by atoms with van der Waals surface area (Å²) in [6.07, 6.45) is 0. The molecule has 0 amide bonds. The third-order valence-electron chi connectivity index (χ3n) is 12.6. The standard InChI is InChI=1S/C25H32N6O5S.C23H28N6O2/c1-17-15-35-11-8-30(17)24-21-6-7-22(19-4-3-5-20(14-19)29-37(33,34)13-10-32)26-23(21)27-25(28-24)31-9-12-36-16-18(31)2;1-15-13-30-10-8-28(15)22-19-6-7-20(17-4-3-5-18(24)12-17)25-21(19)26-23(27-22)29-9-11-31-14-16(29)2/h3-7,14,17-18,29,32H,8-13,15-16H2,1-2H3;3-7,12,15-16H,8-11,13-14,24H2,1-2H3/t17-,18-;15-,16-/m00/s1. The molecule has 4 aliphatic rings. The lowest BCUT2D eigenvalue weighted by Crippen LogP contribution is -2.46. The smallest absolute Gasteiger partial charge is 0.234 e. The maximum Gasteiger partial charge on any atom is 0.234 e. The minimum atomic E-state index is -3.64. The first kappa shape index (κ1) is 47.1. The van der Waals surface area contributed by atoms with Crippen LogP contribution in [-0.4, -0.2) is 159 Å². The number of nitrogen functional groups attached to an aromatic ring is 1. The summed E-state index contributed by atoms with van der Waals surface area (Å²) in [4.78, 5) is 38.6. The van der Waals surface area contributed by atoms with Crippen LogP contribution in [0.3, 0.4) is 0 Å². The van der Waals surface area contributed by atoms with Crippen molar-refractivity contribution in [1.29, 1.82) is 0 Å². The molecule has 0 aliphatic carbocycles. The van der Waals surface area contributed by atoms with E-state index in [2.05, 4.69) is 58.1 Å². The van der Waals surface area contributed by atoms with Gasteiger partial charge in [0.15, 0.2) is 11.3 Å². The molecule has 4 N–H and O–H groups in total. The quantitative estimate of drug-likeness (QED) is 0.160. The number of nitrogens with two attached hydrogens (primary N) is 1. The van der Waals surface area contributed by atoms with E-state index in [9.17, 15) is 8.42 Å². The number of fused-ring (bicyclic) bond motifs is 2. The lowest BCUT2D eigenvalue weighted by atomic mass is 10.1. The van der Waals surface area contributed by atoms with E-state index in [1.54, 1.807) is 18.2 Å². The van der Waals surface area contributed by atoms with Crippen LogP contribution >= 0.6 is 0 Å². The van der Waals surface area contributed by atoms with Gasteiger partial charge in [-0.25, -0.2) is 18.4 Å². The van der Waals surface area contributed by atoms with Gasteiger partial charge in [0.2, 0.25) is 21.9 Å². The number of rotatable bonds is 10. The first-order valence-corrected chi connectivity index (χ1v) is 24.9. The van der Waals surface area contributed by atoms with Crippen LogP contribution in [0.2, 0.25) is 0 Å². The molecule has 10 rings (SSSR count). The van der Waals surface area contributed by atoms with Crippen molar-refractivity contribution in [2.75, 3.05) is 121 Å². The Bertz CT molecular complexity index is 2840. The van der Waals surface area contributed by atoms with E-state index >= 15 is 0 Å². The SMILES string of the molecule is C[C@H]1COCCN1c1nc(N2CCOC[C@@H]2C)c2ccc(-c3cccc(N)c3)nc2n1.C[C@H]1COCCN1c1nc(N2CCOC[C@@H]2C)c2ccc(-c3cccc(NS(=O)(=O)CCO)c3)nc2n1. The summed E-state index contributed by atoms with van der Waals surface area (Å²) in [5.41, 5.74) is 11.6. The normalized spacial score (nSPS) is 21.4. The topological polar surface area (TPSA) is 220 Å². The van der Waals surface area contributed by atoms with Crippen LogP contribution in [0.25, 0.3) is 44.6 Å². The maximum absolute atomic E-state index is 12.1. The van der Waals surface area contributed by atoms with Crippen LogP contribution in [-0.2, 0) is 29.0 Å². The predicted molar refractivity (Wildman–Crippen MR) is 265 cm³/mol. The zero-order valence-electron chi connectivity index (χ0n) is 39.0. The van der Waals surface area contributed by atoms with Crippen molar-refractivity contribution in [3.8, 4) is 22.5 Å². The first-order valence-electron chi connectivity index (χ1n) is 23.3. The number of nitrogens with one attached hydrogen (secondary N) is 1. The summed E-state index contributed by atoms with van der Waals surface area (Å²) in [7, 11) is -3.64. The third kappa shape index (κ3) is 10.5. The van der Waals surface area contributed by atoms with E-state index in [4.69, 9.17) is 59.7 Å². The lowest BCUT2D eigenvalue weighted by Gasteiger charge is -2.37. The fourth-order valence-electron chi connectivity index (χ4n) is 8.90. The summed E-state index contributed by atoms with van der Waals surface area (Å²) >= 11 is 0. The van der Waals surface area contributed by atoms with Crippen molar-refractivity contribution >= 4 is 67.0 Å². The highest BCUT2D eigenvalue weighted by molar-refractivity contribution is 7.92. The van der Waals surface area contributed by atoms with Crippen LogP contribution in [0.5, 0.6) is 0 Å². The average molecular weight is 949 g/mol. The van der Waals surface area contributed by atoms with Gasteiger partial charge in [0.25, 0.3) is 0 Å². The molecule has 4 saturated heterocycles. The number of aromatic nitrogens is 6. The Morgan fingerprint density at radius 3 is 1.47 bits per heavy atom. The summed E-state index contributed by atoms with van der Waals surface area (Å²) in [6.45, 7) is 16.2. The summed E-state index contributed by atoms with van der Waals surface area (Å²) < 4.78 is 49.3. The van der Waals surface area contributed by atoms with Crippen LogP contribution in [0.15, 0.2) is 72.8 Å². The van der Waals surface area contributed by atoms with Crippen molar-refractivity contribution in [2.24, 2.45) is 0 Å². The van der Waals surface area contributed by atoms with E-state index in [1.807, 2.05) is 48.5 Å². The van der Waals surface area contributed by atoms with Crippen molar-refractivity contribution in [3.63, 3.8) is 0 Å². The monoisotopic (exact) mass is 948 g/mol. The third-order valence-corrected chi connectivity index (χ3v) is 13.8. The highest BCUT2D eigenvalue weighted by Gasteiger charge is 2.30. The molecule has 0 spiro atoms. The Labute approximate surface area is 396 Å². The van der Waals surface area contributed by atoms with Crippen molar-refractivity contribution in [2.45, 2.75) is 51.9 Å². The van der Waals surface area contributed by atoms with Gasteiger partial charge in [-0.2, -0.15) is 19.9 Å². The number of pyridine rings is 2. The molecule has 4 aliphatic heterocycles. The van der Waals surface area contributed by atoms with Gasteiger partial charge in [0.1, 0.15) is 11.6 Å². The van der Waals surface area contributed by atoms with Gasteiger partial charge in [-0.1, -0.05) is 24.3 Å². The number of aliphatic hydroxyl groups excluding tert-OH is 1. The predicted octanol–water partition coefficient (Wildman–Crippen LogP) is 4.60. The Hall–Kier alpha value is -6.03. The molecule has 19 nitrogen and oxygen atoms in total. The molecular formula is C48H60N12O7S. The van der Waals surface area contributed by atoms with Gasteiger partial charge in [-0.3, -0.25) is 4.72 Å². The maximum atomic E-state index is 12.1. The first-order chi connectivity index (χ1) is 32.9. The number of nitrogens with zero attached hydrogens (tertiary/aromatic N) is 10. The molecule has 8 heterocycles. The van der Waals surface area contributed by atoms with Gasteiger partial charge in [-0.05, 0) is 76.2 Å². The minimum absolute atomic E-state index is 0.132. The largest absolute Gasteiger partial charge is 0.399 e. The van der Waals surface area contributed by atoms with Crippen LogP contribution in [0, 0.1) is 0 Å². The molecule has 0 saturated carbocycles. The fraction of sp³-hybridized carbons (Fsp3) is 0.458. The van der Waals surface area contributed by atoms with Gasteiger partial charge in [-0.15, -0.1) is 0 Å². The molecule has 0 bridgehead atoms. The van der Waals surface area contributed by atoms with Crippen LogP contribution < -0.4 is 30.1 Å². The second-order valence-corrected chi connectivity index (χ2v) is 19.5. The molecule has 2 aromatic carbocycles. The van der Waals surface area contributed by atoms with Gasteiger partial charge in [0, 0.05) is 48.7 Å². The summed E-state index contributed by atoms with van der Waals surface area (Å²) in [6, 6.07) is 23.5. The fourth-order valence-corrected chi connectivity index (χ4v) is 9.73. The number of anilines is 6. The number of hydrogen-bond acceptors (Lipinski definition) is 18. The molecular weight excluding hydrogens is 889 g/mol. The van der Waals surface area contributed by atoms with Crippen LogP contribution in [0.4, 0.5) is 34.9 Å². The van der Waals surface area contributed by atoms with E-state index < -0.39 is 16.6 Å². The molecule has 4 fully saturated rings. The van der Waals surface area contributed by atoms with E-state index in [1.165, 1.54) is 0 Å². The van der Waals surface area contributed by atoms with Crippen molar-refractivity contribution < 1.29 is 32.5 Å². The molecule has 4 aromatic heterocycles. The molecule has 68 heavy (non-hydrogen) atoms. The number of morpholine rings is 4. The lowest BCUT2D eigenvalue weighted by molar-refractivity contribution is 0.0972. The van der Waals surface area contributed by atoms with Gasteiger partial charge in [0.05, 0.1) is 112 Å². The Morgan fingerprint density at radius 2 is 1.03 bits per heavy atom.